The average molecular weight is 195 g/mol. The van der Waals surface area contributed by atoms with Gasteiger partial charge in [0.25, 0.3) is 0 Å². The minimum absolute atomic E-state index is 0.145. The van der Waals surface area contributed by atoms with Crippen LogP contribution >= 0.6 is 0 Å². The monoisotopic (exact) mass is 195 g/mol. The summed E-state index contributed by atoms with van der Waals surface area (Å²) < 4.78 is 0. The van der Waals surface area contributed by atoms with Gasteiger partial charge in [-0.3, -0.25) is 4.79 Å². The van der Waals surface area contributed by atoms with Gasteiger partial charge in [0.15, 0.2) is 0 Å². The summed E-state index contributed by atoms with van der Waals surface area (Å²) in [6.07, 6.45) is 6.91. The van der Waals surface area contributed by atoms with Crippen molar-refractivity contribution in [3.05, 3.63) is 18.2 Å². The van der Waals surface area contributed by atoms with Crippen LogP contribution in [0.3, 0.4) is 0 Å². The summed E-state index contributed by atoms with van der Waals surface area (Å²) in [7, 11) is 0. The summed E-state index contributed by atoms with van der Waals surface area (Å²) >= 11 is 0. The largest absolute Gasteiger partial charge is 0.356 e. The molecule has 0 aliphatic carbocycles. The summed E-state index contributed by atoms with van der Waals surface area (Å²) in [6.45, 7) is 2.74. The highest BCUT2D eigenvalue weighted by Gasteiger charge is 1.98. The number of amides is 1. The van der Waals surface area contributed by atoms with Crippen molar-refractivity contribution in [3.8, 4) is 0 Å². The van der Waals surface area contributed by atoms with Crippen molar-refractivity contribution in [1.29, 1.82) is 0 Å². The molecule has 0 saturated heterocycles. The first kappa shape index (κ1) is 10.8. The third-order valence-electron chi connectivity index (χ3n) is 1.94. The number of nitrogens with zero attached hydrogens (tertiary/aromatic N) is 1. The first-order valence-electron chi connectivity index (χ1n) is 5.08. The van der Waals surface area contributed by atoms with E-state index in [1.165, 1.54) is 0 Å². The number of carbonyl (C=O) groups excluding carboxylic acids is 1. The number of imidazole rings is 1. The highest BCUT2D eigenvalue weighted by atomic mass is 16.1. The highest BCUT2D eigenvalue weighted by molar-refractivity contribution is 5.75. The Morgan fingerprint density at radius 3 is 3.14 bits per heavy atom. The van der Waals surface area contributed by atoms with E-state index in [9.17, 15) is 4.79 Å². The predicted molar refractivity (Wildman–Crippen MR) is 54.8 cm³/mol. The molecule has 0 bridgehead atoms. The van der Waals surface area contributed by atoms with E-state index < -0.39 is 0 Å². The van der Waals surface area contributed by atoms with Crippen LogP contribution in [-0.4, -0.2) is 22.4 Å². The summed E-state index contributed by atoms with van der Waals surface area (Å²) in [5, 5.41) is 2.87. The lowest BCUT2D eigenvalue weighted by molar-refractivity contribution is -0.121. The molecule has 1 heterocycles. The first-order chi connectivity index (χ1) is 6.83. The maximum Gasteiger partial charge on any atom is 0.219 e. The Bertz CT molecular complexity index is 256. The van der Waals surface area contributed by atoms with Gasteiger partial charge in [-0.05, 0) is 12.8 Å². The van der Waals surface area contributed by atoms with E-state index in [1.54, 1.807) is 6.20 Å². The number of nitrogens with one attached hydrogen (secondary N) is 2. The second-order valence-electron chi connectivity index (χ2n) is 3.24. The van der Waals surface area contributed by atoms with Crippen LogP contribution in [0.25, 0.3) is 0 Å². The van der Waals surface area contributed by atoms with E-state index in [2.05, 4.69) is 15.3 Å². The van der Waals surface area contributed by atoms with Crippen LogP contribution in [0.5, 0.6) is 0 Å². The number of hydrogen-bond acceptors (Lipinski definition) is 2. The molecule has 1 aromatic heterocycles. The van der Waals surface area contributed by atoms with Gasteiger partial charge in [-0.15, -0.1) is 0 Å². The molecular formula is C10H17N3O. The van der Waals surface area contributed by atoms with Crippen LogP contribution < -0.4 is 5.32 Å². The molecule has 0 unspecified atom stereocenters. The van der Waals surface area contributed by atoms with Crippen LogP contribution in [0.15, 0.2) is 12.4 Å². The third kappa shape index (κ3) is 4.07. The molecule has 0 saturated carbocycles. The van der Waals surface area contributed by atoms with Crippen molar-refractivity contribution in [2.45, 2.75) is 32.6 Å². The van der Waals surface area contributed by atoms with E-state index in [0.717, 1.165) is 31.6 Å². The van der Waals surface area contributed by atoms with E-state index in [1.807, 2.05) is 13.1 Å². The molecule has 0 aliphatic rings. The molecule has 0 atom stereocenters. The van der Waals surface area contributed by atoms with Gasteiger partial charge in [-0.25, -0.2) is 4.98 Å². The van der Waals surface area contributed by atoms with Gasteiger partial charge in [0.1, 0.15) is 5.82 Å². The fourth-order valence-electron chi connectivity index (χ4n) is 1.23. The highest BCUT2D eigenvalue weighted by Crippen LogP contribution is 1.93. The quantitative estimate of drug-likeness (QED) is 0.671. The lowest BCUT2D eigenvalue weighted by Crippen LogP contribution is -2.24. The van der Waals surface area contributed by atoms with Crippen molar-refractivity contribution in [2.75, 3.05) is 6.54 Å². The summed E-state index contributed by atoms with van der Waals surface area (Å²) in [6, 6.07) is 0. The molecule has 0 aliphatic heterocycles. The topological polar surface area (TPSA) is 57.8 Å². The number of rotatable bonds is 6. The lowest BCUT2D eigenvalue weighted by Gasteiger charge is -2.02. The fraction of sp³-hybridized carbons (Fsp3) is 0.600. The summed E-state index contributed by atoms with van der Waals surface area (Å²) in [5.74, 6) is 1.13. The summed E-state index contributed by atoms with van der Waals surface area (Å²) in [5.41, 5.74) is 0. The van der Waals surface area contributed by atoms with Crippen LogP contribution in [-0.2, 0) is 11.2 Å². The molecule has 1 rings (SSSR count). The second kappa shape index (κ2) is 6.18. The average Bonchev–Trinajstić information content (AvgIpc) is 2.65. The molecule has 0 aromatic carbocycles. The van der Waals surface area contributed by atoms with Gasteiger partial charge in [0, 0.05) is 31.8 Å². The Hall–Kier alpha value is -1.32. The Labute approximate surface area is 84.1 Å². The number of H-pyrrole nitrogens is 1. The molecule has 2 N–H and O–H groups in total. The fourth-order valence-corrected chi connectivity index (χ4v) is 1.23. The van der Waals surface area contributed by atoms with Crippen LogP contribution in [0, 0.1) is 0 Å². The molecule has 0 spiro atoms. The zero-order valence-electron chi connectivity index (χ0n) is 8.55. The smallest absolute Gasteiger partial charge is 0.219 e. The number of carbonyl (C=O) groups is 1. The predicted octanol–water partition coefficient (Wildman–Crippen LogP) is 1.26. The minimum atomic E-state index is 0.145. The van der Waals surface area contributed by atoms with Gasteiger partial charge in [0.2, 0.25) is 5.91 Å². The molecule has 1 aromatic rings. The summed E-state index contributed by atoms with van der Waals surface area (Å²) in [4.78, 5) is 18.2. The first-order valence-corrected chi connectivity index (χ1v) is 5.08. The molecule has 4 heteroatoms. The zero-order chi connectivity index (χ0) is 10.2. The van der Waals surface area contributed by atoms with Gasteiger partial charge in [-0.2, -0.15) is 0 Å². The van der Waals surface area contributed by atoms with Crippen molar-refractivity contribution >= 4 is 5.91 Å². The van der Waals surface area contributed by atoms with Crippen molar-refractivity contribution in [2.24, 2.45) is 0 Å². The molecule has 4 nitrogen and oxygen atoms in total. The Balaban J connectivity index is 2.02. The van der Waals surface area contributed by atoms with Gasteiger partial charge < -0.3 is 10.3 Å². The maximum atomic E-state index is 11.1. The van der Waals surface area contributed by atoms with Crippen LogP contribution in [0.2, 0.25) is 0 Å². The van der Waals surface area contributed by atoms with Gasteiger partial charge in [0.05, 0.1) is 0 Å². The molecule has 0 fully saturated rings. The van der Waals surface area contributed by atoms with Crippen molar-refractivity contribution < 1.29 is 4.79 Å². The molecule has 14 heavy (non-hydrogen) atoms. The van der Waals surface area contributed by atoms with Crippen molar-refractivity contribution in [3.63, 3.8) is 0 Å². The van der Waals surface area contributed by atoms with Crippen LogP contribution in [0.1, 0.15) is 32.0 Å². The molecule has 1 amide bonds. The standard InChI is InChI=1S/C10H17N3O/c1-2-4-10(14)13-6-3-5-9-11-7-8-12-9/h7-8H,2-6H2,1H3,(H,11,12)(H,13,14). The Morgan fingerprint density at radius 1 is 1.64 bits per heavy atom. The van der Waals surface area contributed by atoms with E-state index in [-0.39, 0.29) is 5.91 Å². The van der Waals surface area contributed by atoms with E-state index >= 15 is 0 Å². The Kier molecular flexibility index (Phi) is 4.75. The SMILES string of the molecule is CCCC(=O)NCCCc1ncc[nH]1. The molecule has 0 radical (unpaired) electrons. The number of aromatic nitrogens is 2. The number of aromatic amines is 1. The zero-order valence-corrected chi connectivity index (χ0v) is 8.55. The van der Waals surface area contributed by atoms with Gasteiger partial charge in [-0.1, -0.05) is 6.92 Å². The second-order valence-corrected chi connectivity index (χ2v) is 3.24. The van der Waals surface area contributed by atoms with E-state index in [0.29, 0.717) is 6.42 Å². The minimum Gasteiger partial charge on any atom is -0.356 e. The van der Waals surface area contributed by atoms with Crippen LogP contribution in [0.4, 0.5) is 0 Å². The number of aryl methyl sites for hydroxylation is 1. The maximum absolute atomic E-state index is 11.1. The number of hydrogen-bond donors (Lipinski definition) is 2. The normalized spacial score (nSPS) is 10.1. The lowest BCUT2D eigenvalue weighted by atomic mass is 10.3. The molecule has 78 valence electrons. The Morgan fingerprint density at radius 2 is 2.50 bits per heavy atom. The third-order valence-corrected chi connectivity index (χ3v) is 1.94. The van der Waals surface area contributed by atoms with Gasteiger partial charge >= 0.3 is 0 Å². The molecular weight excluding hydrogens is 178 g/mol. The van der Waals surface area contributed by atoms with E-state index in [4.69, 9.17) is 0 Å². The van der Waals surface area contributed by atoms with Crippen molar-refractivity contribution in [1.82, 2.24) is 15.3 Å².